The first kappa shape index (κ1) is 76.4. The van der Waals surface area contributed by atoms with E-state index >= 15 is 0 Å². The van der Waals surface area contributed by atoms with Crippen LogP contribution in [0.5, 0.6) is 0 Å². The minimum atomic E-state index is -0.778. The Hall–Kier alpha value is -2.63. The molecule has 0 bridgehead atoms. The molecule has 0 rings (SSSR count). The van der Waals surface area contributed by atoms with Gasteiger partial charge in [0, 0.05) is 19.3 Å². The van der Waals surface area contributed by atoms with Crippen molar-refractivity contribution in [2.75, 3.05) is 13.2 Å². The molecular formula is C73H134O6. The SMILES string of the molecule is CCCCC/C=C\C/C=C\C/C=C\CCCCCCCCC(=O)OC(COC(=O)CCCCCCCCCCCCC)COC(=O)CCCCCCCCCCCCCCCCCCCCC/C=C\CCCCCCCCCC. The fraction of sp³-hybridized carbons (Fsp3) is 0.849. The molecule has 0 N–H and O–H groups in total. The number of allylic oxidation sites excluding steroid dienone is 8. The van der Waals surface area contributed by atoms with E-state index in [4.69, 9.17) is 14.2 Å². The highest BCUT2D eigenvalue weighted by atomic mass is 16.6. The van der Waals surface area contributed by atoms with Crippen molar-refractivity contribution in [1.29, 1.82) is 0 Å². The Labute approximate surface area is 492 Å². The van der Waals surface area contributed by atoms with Crippen LogP contribution in [0.1, 0.15) is 380 Å². The number of hydrogen-bond donors (Lipinski definition) is 0. The molecule has 462 valence electrons. The number of unbranched alkanes of at least 4 members (excludes halogenated alkanes) is 46. The van der Waals surface area contributed by atoms with Crippen LogP contribution in [0.3, 0.4) is 0 Å². The third-order valence-corrected chi connectivity index (χ3v) is 15.8. The van der Waals surface area contributed by atoms with Gasteiger partial charge in [-0.1, -0.05) is 326 Å². The molecule has 1 unspecified atom stereocenters. The summed E-state index contributed by atoms with van der Waals surface area (Å²) in [6, 6.07) is 0. The van der Waals surface area contributed by atoms with Crippen LogP contribution in [0.4, 0.5) is 0 Å². The summed E-state index contributed by atoms with van der Waals surface area (Å²) in [5, 5.41) is 0. The molecule has 0 aromatic carbocycles. The number of rotatable bonds is 65. The molecule has 0 saturated heterocycles. The number of ether oxygens (including phenoxy) is 3. The van der Waals surface area contributed by atoms with Crippen LogP contribution in [-0.2, 0) is 28.6 Å². The molecule has 0 aliphatic heterocycles. The molecule has 0 aliphatic rings. The third-order valence-electron chi connectivity index (χ3n) is 15.8. The summed E-state index contributed by atoms with van der Waals surface area (Å²) in [6.07, 6.45) is 85.8. The molecule has 0 aromatic heterocycles. The third kappa shape index (κ3) is 66.1. The van der Waals surface area contributed by atoms with Gasteiger partial charge in [-0.25, -0.2) is 0 Å². The van der Waals surface area contributed by atoms with E-state index in [1.54, 1.807) is 0 Å². The summed E-state index contributed by atoms with van der Waals surface area (Å²) in [6.45, 7) is 6.65. The van der Waals surface area contributed by atoms with Gasteiger partial charge >= 0.3 is 17.9 Å². The topological polar surface area (TPSA) is 78.9 Å². The number of hydrogen-bond acceptors (Lipinski definition) is 6. The van der Waals surface area contributed by atoms with E-state index in [9.17, 15) is 14.4 Å². The minimum Gasteiger partial charge on any atom is -0.462 e. The van der Waals surface area contributed by atoms with Crippen LogP contribution in [-0.4, -0.2) is 37.2 Å². The van der Waals surface area contributed by atoms with Crippen molar-refractivity contribution in [3.8, 4) is 0 Å². The smallest absolute Gasteiger partial charge is 0.306 e. The van der Waals surface area contributed by atoms with Gasteiger partial charge in [0.05, 0.1) is 0 Å². The fourth-order valence-electron chi connectivity index (χ4n) is 10.5. The standard InChI is InChI=1S/C73H134O6/c1-4-7-10-13-16-19-22-24-26-28-30-31-32-33-34-35-36-37-38-39-40-41-43-44-46-48-51-54-57-60-63-66-72(75)78-69-70(68-77-71(74)65-62-59-56-53-50-21-18-15-12-9-6-3)79-73(76)67-64-61-58-55-52-49-47-45-42-29-27-25-23-20-17-14-11-8-5-2/h17,20,25,27-28,30,42,45,70H,4-16,18-19,21-24,26,29,31-41,43-44,46-69H2,1-3H3/b20-17-,27-25-,30-28-,45-42-. The predicted octanol–water partition coefficient (Wildman–Crippen LogP) is 24.1. The molecule has 0 heterocycles. The van der Waals surface area contributed by atoms with Crippen LogP contribution in [0.2, 0.25) is 0 Å². The Balaban J connectivity index is 4.13. The molecule has 0 aromatic rings. The van der Waals surface area contributed by atoms with Crippen molar-refractivity contribution in [3.63, 3.8) is 0 Å². The lowest BCUT2D eigenvalue weighted by Gasteiger charge is -2.18. The Morgan fingerprint density at radius 3 is 0.747 bits per heavy atom. The van der Waals surface area contributed by atoms with Gasteiger partial charge in [-0.3, -0.25) is 14.4 Å². The zero-order chi connectivity index (χ0) is 57.1. The maximum Gasteiger partial charge on any atom is 0.306 e. The second kappa shape index (κ2) is 67.9. The molecule has 0 radical (unpaired) electrons. The van der Waals surface area contributed by atoms with Crippen LogP contribution < -0.4 is 0 Å². The van der Waals surface area contributed by atoms with Crippen LogP contribution in [0.15, 0.2) is 48.6 Å². The summed E-state index contributed by atoms with van der Waals surface area (Å²) >= 11 is 0. The predicted molar refractivity (Wildman–Crippen MR) is 344 cm³/mol. The maximum atomic E-state index is 12.9. The summed E-state index contributed by atoms with van der Waals surface area (Å²) in [7, 11) is 0. The first-order valence-corrected chi connectivity index (χ1v) is 35.1. The number of carbonyl (C=O) groups excluding carboxylic acids is 3. The molecule has 0 saturated carbocycles. The van der Waals surface area contributed by atoms with E-state index in [1.165, 1.54) is 263 Å². The average molecular weight is 1110 g/mol. The van der Waals surface area contributed by atoms with Crippen molar-refractivity contribution in [2.24, 2.45) is 0 Å². The first-order valence-electron chi connectivity index (χ1n) is 35.1. The largest absolute Gasteiger partial charge is 0.462 e. The molecule has 6 heteroatoms. The lowest BCUT2D eigenvalue weighted by Crippen LogP contribution is -2.30. The van der Waals surface area contributed by atoms with Crippen LogP contribution in [0, 0.1) is 0 Å². The van der Waals surface area contributed by atoms with Gasteiger partial charge in [0.25, 0.3) is 0 Å². The van der Waals surface area contributed by atoms with E-state index in [1.807, 2.05) is 0 Å². The summed E-state index contributed by atoms with van der Waals surface area (Å²) in [5.41, 5.74) is 0. The zero-order valence-corrected chi connectivity index (χ0v) is 53.2. The summed E-state index contributed by atoms with van der Waals surface area (Å²) in [5.74, 6) is -0.864. The Bertz CT molecular complexity index is 1360. The van der Waals surface area contributed by atoms with E-state index < -0.39 is 6.10 Å². The van der Waals surface area contributed by atoms with Crippen molar-refractivity contribution >= 4 is 17.9 Å². The summed E-state index contributed by atoms with van der Waals surface area (Å²) in [4.78, 5) is 38.3. The van der Waals surface area contributed by atoms with Gasteiger partial charge in [-0.2, -0.15) is 0 Å². The highest BCUT2D eigenvalue weighted by molar-refractivity contribution is 5.71. The second-order valence-corrected chi connectivity index (χ2v) is 23.8. The van der Waals surface area contributed by atoms with Crippen molar-refractivity contribution < 1.29 is 28.6 Å². The molecule has 0 spiro atoms. The molecule has 0 aliphatic carbocycles. The van der Waals surface area contributed by atoms with Crippen LogP contribution >= 0.6 is 0 Å². The number of carbonyl (C=O) groups is 3. The van der Waals surface area contributed by atoms with E-state index in [2.05, 4.69) is 69.4 Å². The lowest BCUT2D eigenvalue weighted by molar-refractivity contribution is -0.167. The Morgan fingerprint density at radius 1 is 0.253 bits per heavy atom. The van der Waals surface area contributed by atoms with Gasteiger partial charge in [0.1, 0.15) is 13.2 Å². The van der Waals surface area contributed by atoms with E-state index in [0.29, 0.717) is 19.3 Å². The Morgan fingerprint density at radius 2 is 0.456 bits per heavy atom. The lowest BCUT2D eigenvalue weighted by atomic mass is 10.0. The molecule has 0 amide bonds. The van der Waals surface area contributed by atoms with Crippen LogP contribution in [0.25, 0.3) is 0 Å². The summed E-state index contributed by atoms with van der Waals surface area (Å²) < 4.78 is 16.9. The van der Waals surface area contributed by atoms with Crippen molar-refractivity contribution in [1.82, 2.24) is 0 Å². The van der Waals surface area contributed by atoms with E-state index in [-0.39, 0.29) is 31.1 Å². The van der Waals surface area contributed by atoms with E-state index in [0.717, 1.165) is 77.0 Å². The van der Waals surface area contributed by atoms with Crippen molar-refractivity contribution in [3.05, 3.63) is 48.6 Å². The normalized spacial score (nSPS) is 12.3. The molecule has 1 atom stereocenters. The molecular weight excluding hydrogens is 973 g/mol. The molecule has 0 fully saturated rings. The van der Waals surface area contributed by atoms with Gasteiger partial charge in [0.2, 0.25) is 0 Å². The zero-order valence-electron chi connectivity index (χ0n) is 53.2. The van der Waals surface area contributed by atoms with Gasteiger partial charge in [0.15, 0.2) is 6.10 Å². The van der Waals surface area contributed by atoms with Gasteiger partial charge in [-0.05, 0) is 83.5 Å². The molecule has 79 heavy (non-hydrogen) atoms. The second-order valence-electron chi connectivity index (χ2n) is 23.8. The van der Waals surface area contributed by atoms with Gasteiger partial charge < -0.3 is 14.2 Å². The fourth-order valence-corrected chi connectivity index (χ4v) is 10.5. The first-order chi connectivity index (χ1) is 39.0. The Kier molecular flexibility index (Phi) is 65.6. The average Bonchev–Trinajstić information content (AvgIpc) is 3.45. The number of esters is 3. The highest BCUT2D eigenvalue weighted by Gasteiger charge is 2.19. The van der Waals surface area contributed by atoms with Crippen molar-refractivity contribution in [2.45, 2.75) is 386 Å². The quantitative estimate of drug-likeness (QED) is 0.0261. The molecule has 6 nitrogen and oxygen atoms in total. The monoisotopic (exact) mass is 1110 g/mol. The highest BCUT2D eigenvalue weighted by Crippen LogP contribution is 2.18. The maximum absolute atomic E-state index is 12.9. The minimum absolute atomic E-state index is 0.0738. The van der Waals surface area contributed by atoms with Gasteiger partial charge in [-0.15, -0.1) is 0 Å².